The largest absolute Gasteiger partial charge is 0.274 e. The number of carbonyl (C=O) groups excluding carboxylic acids is 2. The van der Waals surface area contributed by atoms with Crippen molar-refractivity contribution in [2.45, 2.75) is 159 Å². The Hall–Kier alpha value is -8.57. The van der Waals surface area contributed by atoms with E-state index in [1.165, 1.54) is 110 Å². The Morgan fingerprint density at radius 2 is 1.04 bits per heavy atom. The van der Waals surface area contributed by atoms with E-state index in [1.54, 1.807) is 42.5 Å². The van der Waals surface area contributed by atoms with Gasteiger partial charge in [0.1, 0.15) is 0 Å². The fourth-order valence-electron chi connectivity index (χ4n) is 11.8. The van der Waals surface area contributed by atoms with Gasteiger partial charge in [0.05, 0.1) is 80.3 Å². The standard InChI is InChI=1S/C33H30N4O3S.C33H30N4O2S/c1-3-4-5-6-7-8-9-10-11-12-15-37-32(38)24-17-22(20-35)28-23-16-21(19-34)13-14-27(23)41(40)31-26(36-2)18-25(33(37)39)29(24)30(28)31;1-3-4-5-6-7-8-9-10-11-12-15-37-32(38)24-17-22(20-35)28-23-16-21(19-34)13-14-27(23)40-31-26(36-2)18-25(33(37)39)29(24)30(28)31/h13-14,16-18H,3-12,15H2,1H3;13-14,16-18H,3-12,15H2,1H3. The third-order valence-corrected chi connectivity index (χ3v) is 18.6. The minimum Gasteiger partial charge on any atom is -0.274 e. The maximum Gasteiger partial charge on any atom is 0.261 e. The number of amides is 2. The van der Waals surface area contributed by atoms with Gasteiger partial charge in [-0.3, -0.25) is 32.9 Å². The predicted octanol–water partition coefficient (Wildman–Crippen LogP) is 16.3. The van der Waals surface area contributed by atoms with Gasteiger partial charge in [0.15, 0.2) is 0 Å². The van der Waals surface area contributed by atoms with Crippen LogP contribution in [0.1, 0.15) is 185 Å². The van der Waals surface area contributed by atoms with Crippen molar-refractivity contribution in [3.05, 3.63) is 138 Å². The first kappa shape index (κ1) is 57.1. The summed E-state index contributed by atoms with van der Waals surface area (Å²) in [6, 6.07) is 24.7. The molecule has 0 N–H and O–H groups in total. The van der Waals surface area contributed by atoms with Crippen molar-refractivity contribution in [2.24, 2.45) is 0 Å². The van der Waals surface area contributed by atoms with Gasteiger partial charge < -0.3 is 0 Å². The summed E-state index contributed by atoms with van der Waals surface area (Å²) in [6.45, 7) is 20.7. The van der Waals surface area contributed by atoms with Crippen molar-refractivity contribution in [3.8, 4) is 35.4 Å². The van der Waals surface area contributed by atoms with Gasteiger partial charge in [0.2, 0.25) is 11.4 Å². The molecule has 10 rings (SSSR count). The van der Waals surface area contributed by atoms with Gasteiger partial charge in [0.25, 0.3) is 22.9 Å². The number of unbranched alkanes of at least 4 members (excludes halogenated alkanes) is 18. The van der Waals surface area contributed by atoms with Gasteiger partial charge in [-0.1, -0.05) is 129 Å². The summed E-state index contributed by atoms with van der Waals surface area (Å²) in [5.74, 6) is -0.960. The second-order valence-electron chi connectivity index (χ2n) is 21.1. The molecule has 1 atom stereocenters. The van der Waals surface area contributed by atoms with E-state index >= 15 is 0 Å². The number of pyridine rings is 1. The Morgan fingerprint density at radius 3 is 1.60 bits per heavy atom. The molecular weight excluding hydrogens is 1050 g/mol. The molecule has 0 bridgehead atoms. The molecule has 81 heavy (non-hydrogen) atoms. The number of imide groups is 1. The third kappa shape index (κ3) is 10.9. The summed E-state index contributed by atoms with van der Waals surface area (Å²) in [5, 5.41) is 43.0. The molecule has 0 spiro atoms. The van der Waals surface area contributed by atoms with Crippen LogP contribution in [0.2, 0.25) is 0 Å². The first-order valence-electron chi connectivity index (χ1n) is 28.3. The molecule has 1 unspecified atom stereocenters. The Balaban J connectivity index is 0.000000196. The van der Waals surface area contributed by atoms with Crippen LogP contribution in [-0.2, 0) is 17.3 Å². The fraction of sp³-hybridized carbons (Fsp3) is 0.364. The molecule has 13 nitrogen and oxygen atoms in total. The van der Waals surface area contributed by atoms with Crippen LogP contribution >= 0.6 is 11.3 Å². The van der Waals surface area contributed by atoms with E-state index in [9.17, 15) is 44.4 Å². The first-order valence-corrected chi connectivity index (χ1v) is 30.3. The molecule has 0 radical (unpaired) electrons. The molecule has 15 heteroatoms. The van der Waals surface area contributed by atoms with Crippen LogP contribution in [0.3, 0.4) is 0 Å². The number of hydrogen-bond acceptors (Lipinski definition) is 10. The molecule has 406 valence electrons. The van der Waals surface area contributed by atoms with Gasteiger partial charge in [0, 0.05) is 77.1 Å². The van der Waals surface area contributed by atoms with E-state index < -0.39 is 22.6 Å². The summed E-state index contributed by atoms with van der Waals surface area (Å²) in [5.41, 5.74) is 2.13. The summed E-state index contributed by atoms with van der Waals surface area (Å²) >= 11 is 1.38. The number of carbonyl (C=O) groups is 2. The molecule has 0 fully saturated rings. The van der Waals surface area contributed by atoms with E-state index in [0.717, 1.165) is 49.6 Å². The van der Waals surface area contributed by atoms with Gasteiger partial charge >= 0.3 is 0 Å². The van der Waals surface area contributed by atoms with Crippen LogP contribution in [-0.4, -0.2) is 32.0 Å². The van der Waals surface area contributed by atoms with Gasteiger partial charge in [-0.15, -0.1) is 11.3 Å². The monoisotopic (exact) mass is 1110 g/mol. The number of fused-ring (bicyclic) bond motifs is 4. The number of benzene rings is 6. The van der Waals surface area contributed by atoms with Crippen LogP contribution in [0.4, 0.5) is 11.4 Å². The third-order valence-electron chi connectivity index (χ3n) is 15.9. The van der Waals surface area contributed by atoms with Gasteiger partial charge in [-0.05, 0) is 84.3 Å². The highest BCUT2D eigenvalue weighted by Crippen LogP contribution is 2.51. The lowest BCUT2D eigenvalue weighted by atomic mass is 9.85. The molecule has 2 amide bonds. The topological polar surface area (TPSA) is 197 Å². The highest BCUT2D eigenvalue weighted by atomic mass is 32.2. The molecular formula is C66H60N8O5S2. The SMILES string of the molecule is [C-]#[N+]c1cc2c(=O)n(CCCCCCCCCCCC)c(=O)c3cc(C#N)c4c5cc(C#N)ccc5sc1c4c23.[C-]#[N+]c1cc2c3c(cc(C#N)c4c3c1S(=O)c1ccc(C#N)cc1-4)C(=O)N(CCCCCCCCCCCC)C2=O. The Kier molecular flexibility index (Phi) is 18.1. The molecule has 2 aliphatic rings. The van der Waals surface area contributed by atoms with E-state index in [-0.39, 0.29) is 44.9 Å². The predicted molar refractivity (Wildman–Crippen MR) is 321 cm³/mol. The molecule has 2 aliphatic heterocycles. The van der Waals surface area contributed by atoms with E-state index in [0.29, 0.717) is 99.2 Å². The fourth-order valence-corrected chi connectivity index (χ4v) is 14.4. The minimum atomic E-state index is -1.80. The number of aromatic nitrogens is 1. The number of nitriles is 4. The lowest BCUT2D eigenvalue weighted by Crippen LogP contribution is -2.41. The molecule has 0 saturated heterocycles. The highest BCUT2D eigenvalue weighted by Gasteiger charge is 2.39. The summed E-state index contributed by atoms with van der Waals surface area (Å²) in [4.78, 5) is 63.9. The quantitative estimate of drug-likeness (QED) is 0.0208. The van der Waals surface area contributed by atoms with Crippen LogP contribution in [0.15, 0.2) is 80.0 Å². The lowest BCUT2D eigenvalue weighted by Gasteiger charge is -2.31. The molecule has 6 aromatic carbocycles. The highest BCUT2D eigenvalue weighted by molar-refractivity contribution is 7.85. The Bertz CT molecular complexity index is 4210. The Morgan fingerprint density at radius 1 is 0.506 bits per heavy atom. The normalized spacial score (nSPS) is 13.1. The number of nitrogens with zero attached hydrogens (tertiary/aromatic N) is 8. The maximum absolute atomic E-state index is 13.8. The Labute approximate surface area is 477 Å². The molecule has 0 aliphatic carbocycles. The average molecular weight is 1110 g/mol. The van der Waals surface area contributed by atoms with Crippen LogP contribution < -0.4 is 11.1 Å². The maximum atomic E-state index is 13.8. The molecule has 8 aromatic rings. The van der Waals surface area contributed by atoms with Gasteiger partial charge in [-0.2, -0.15) is 21.0 Å². The summed E-state index contributed by atoms with van der Waals surface area (Å²) in [7, 11) is -1.80. The lowest BCUT2D eigenvalue weighted by molar-refractivity contribution is 0.0607. The van der Waals surface area contributed by atoms with Gasteiger partial charge in [-0.25, -0.2) is 9.69 Å². The van der Waals surface area contributed by atoms with Crippen molar-refractivity contribution in [2.75, 3.05) is 6.54 Å². The molecule has 4 heterocycles. The van der Waals surface area contributed by atoms with Crippen molar-refractivity contribution in [1.29, 1.82) is 21.0 Å². The average Bonchev–Trinajstić information content (AvgIpc) is 3.53. The number of rotatable bonds is 22. The summed E-state index contributed by atoms with van der Waals surface area (Å²) in [6.07, 6.45) is 22.8. The van der Waals surface area contributed by atoms with Crippen molar-refractivity contribution < 1.29 is 13.8 Å². The van der Waals surface area contributed by atoms with E-state index in [1.807, 2.05) is 6.07 Å². The van der Waals surface area contributed by atoms with Crippen molar-refractivity contribution >= 4 is 97.8 Å². The molecule has 0 saturated carbocycles. The smallest absolute Gasteiger partial charge is 0.261 e. The second-order valence-corrected chi connectivity index (χ2v) is 23.5. The zero-order valence-electron chi connectivity index (χ0n) is 45.8. The molecule has 2 aromatic heterocycles. The van der Waals surface area contributed by atoms with Crippen molar-refractivity contribution in [3.63, 3.8) is 0 Å². The zero-order valence-corrected chi connectivity index (χ0v) is 47.4. The zero-order chi connectivity index (χ0) is 57.3. The minimum absolute atomic E-state index is 0.0599. The number of hydrogen-bond donors (Lipinski definition) is 0. The van der Waals surface area contributed by atoms with E-state index in [4.69, 9.17) is 13.1 Å². The van der Waals surface area contributed by atoms with Crippen LogP contribution in [0.5, 0.6) is 0 Å². The van der Waals surface area contributed by atoms with Crippen LogP contribution in [0, 0.1) is 58.5 Å². The second kappa shape index (κ2) is 25.7. The van der Waals surface area contributed by atoms with E-state index in [2.05, 4.69) is 47.8 Å². The van der Waals surface area contributed by atoms with Crippen molar-refractivity contribution in [1.82, 2.24) is 9.47 Å². The summed E-state index contributed by atoms with van der Waals surface area (Å²) < 4.78 is 16.5. The first-order chi connectivity index (χ1) is 39.5. The van der Waals surface area contributed by atoms with Crippen LogP contribution in [0.25, 0.3) is 73.3 Å².